The van der Waals surface area contributed by atoms with Crippen molar-refractivity contribution in [2.24, 2.45) is 0 Å². The van der Waals surface area contributed by atoms with E-state index in [2.05, 4.69) is 6.92 Å². The molecule has 0 bridgehead atoms. The van der Waals surface area contributed by atoms with Crippen molar-refractivity contribution in [3.05, 3.63) is 0 Å². The summed E-state index contributed by atoms with van der Waals surface area (Å²) in [5, 5.41) is 9.83. The van der Waals surface area contributed by atoms with Gasteiger partial charge in [0.25, 0.3) is 5.91 Å². The maximum Gasteiger partial charge on any atom is 0.329 e. The van der Waals surface area contributed by atoms with Gasteiger partial charge in [0.15, 0.2) is 0 Å². The minimum Gasteiger partial charge on any atom is -0.374 e. The van der Waals surface area contributed by atoms with Crippen molar-refractivity contribution >= 4 is 11.9 Å². The molecule has 1 atom stereocenters. The standard InChI is InChI=1S/C25H48N2O3/c1-5-6-7-8-9-10-11-12-13-14-15-16-17-18-19-20-21-26-23(29)25(3,4)27(22(2)28)24(26)30/h22,28H,5-21H2,1-4H3. The molecule has 0 aromatic heterocycles. The summed E-state index contributed by atoms with van der Waals surface area (Å²) in [5.41, 5.74) is -0.958. The first-order valence-corrected chi connectivity index (χ1v) is 12.7. The summed E-state index contributed by atoms with van der Waals surface area (Å²) in [4.78, 5) is 27.5. The van der Waals surface area contributed by atoms with Crippen LogP contribution in [0, 0.1) is 0 Å². The second-order valence-corrected chi connectivity index (χ2v) is 9.60. The van der Waals surface area contributed by atoms with Crippen molar-refractivity contribution in [2.75, 3.05) is 6.54 Å². The smallest absolute Gasteiger partial charge is 0.329 e. The molecule has 1 rings (SSSR count). The van der Waals surface area contributed by atoms with E-state index in [4.69, 9.17) is 0 Å². The number of aliphatic hydroxyl groups is 1. The molecule has 1 unspecified atom stereocenters. The highest BCUT2D eigenvalue weighted by Gasteiger charge is 2.52. The van der Waals surface area contributed by atoms with Gasteiger partial charge in [0.1, 0.15) is 11.8 Å². The molecule has 3 amide bonds. The average molecular weight is 425 g/mol. The van der Waals surface area contributed by atoms with Crippen LogP contribution in [0.15, 0.2) is 0 Å². The van der Waals surface area contributed by atoms with E-state index >= 15 is 0 Å². The van der Waals surface area contributed by atoms with Crippen LogP contribution in [0.2, 0.25) is 0 Å². The normalized spacial score (nSPS) is 17.2. The molecule has 0 aromatic carbocycles. The Hall–Kier alpha value is -1.10. The van der Waals surface area contributed by atoms with Crippen LogP contribution in [0.4, 0.5) is 4.79 Å². The van der Waals surface area contributed by atoms with Crippen LogP contribution in [0.3, 0.4) is 0 Å². The highest BCUT2D eigenvalue weighted by atomic mass is 16.3. The van der Waals surface area contributed by atoms with Gasteiger partial charge < -0.3 is 5.11 Å². The number of aliphatic hydroxyl groups excluding tert-OH is 1. The maximum absolute atomic E-state index is 12.5. The topological polar surface area (TPSA) is 60.9 Å². The lowest BCUT2D eigenvalue weighted by atomic mass is 10.0. The van der Waals surface area contributed by atoms with Crippen molar-refractivity contribution in [1.82, 2.24) is 9.80 Å². The zero-order chi connectivity index (χ0) is 22.4. The molecule has 0 spiro atoms. The van der Waals surface area contributed by atoms with Gasteiger partial charge in [0.2, 0.25) is 0 Å². The monoisotopic (exact) mass is 424 g/mol. The fraction of sp³-hybridized carbons (Fsp3) is 0.920. The summed E-state index contributed by atoms with van der Waals surface area (Å²) in [6.07, 6.45) is 19.9. The van der Waals surface area contributed by atoms with Crippen molar-refractivity contribution < 1.29 is 14.7 Å². The first kappa shape index (κ1) is 26.9. The van der Waals surface area contributed by atoms with Crippen LogP contribution in [0.1, 0.15) is 130 Å². The second kappa shape index (κ2) is 14.8. The van der Waals surface area contributed by atoms with Gasteiger partial charge >= 0.3 is 6.03 Å². The number of carbonyl (C=O) groups excluding carboxylic acids is 2. The maximum atomic E-state index is 12.5. The molecule has 5 heteroatoms. The van der Waals surface area contributed by atoms with Crippen LogP contribution in [0.5, 0.6) is 0 Å². The van der Waals surface area contributed by atoms with Crippen LogP contribution in [-0.4, -0.2) is 45.2 Å². The Bertz CT molecular complexity index is 491. The van der Waals surface area contributed by atoms with E-state index < -0.39 is 11.8 Å². The molecule has 0 saturated carbocycles. The van der Waals surface area contributed by atoms with Crippen molar-refractivity contribution in [2.45, 2.75) is 142 Å². The summed E-state index contributed by atoms with van der Waals surface area (Å²) in [7, 11) is 0. The average Bonchev–Trinajstić information content (AvgIpc) is 2.86. The zero-order valence-electron chi connectivity index (χ0n) is 20.3. The molecule has 1 aliphatic rings. The van der Waals surface area contributed by atoms with Gasteiger partial charge in [-0.2, -0.15) is 0 Å². The third-order valence-electron chi connectivity index (χ3n) is 6.42. The van der Waals surface area contributed by atoms with E-state index in [1.807, 2.05) is 0 Å². The van der Waals surface area contributed by atoms with E-state index in [1.54, 1.807) is 13.8 Å². The lowest BCUT2D eigenvalue weighted by Gasteiger charge is -2.30. The summed E-state index contributed by atoms with van der Waals surface area (Å²) in [5.74, 6) is -0.200. The van der Waals surface area contributed by atoms with Crippen molar-refractivity contribution in [3.63, 3.8) is 0 Å². The molecule has 0 aliphatic carbocycles. The predicted molar refractivity (Wildman–Crippen MR) is 124 cm³/mol. The van der Waals surface area contributed by atoms with Gasteiger partial charge in [-0.1, -0.05) is 103 Å². The van der Waals surface area contributed by atoms with Gasteiger partial charge in [0, 0.05) is 6.54 Å². The highest BCUT2D eigenvalue weighted by Crippen LogP contribution is 2.29. The molecule has 30 heavy (non-hydrogen) atoms. The van der Waals surface area contributed by atoms with Gasteiger partial charge in [0.05, 0.1) is 0 Å². The predicted octanol–water partition coefficient (Wildman–Crippen LogP) is 6.63. The summed E-state index contributed by atoms with van der Waals surface area (Å²) in [6, 6.07) is -0.360. The number of imide groups is 1. The Balaban J connectivity index is 1.97. The lowest BCUT2D eigenvalue weighted by Crippen LogP contribution is -2.48. The Labute approximate surface area is 185 Å². The highest BCUT2D eigenvalue weighted by molar-refractivity contribution is 6.06. The Kier molecular flexibility index (Phi) is 13.3. The fourth-order valence-corrected chi connectivity index (χ4v) is 4.53. The molecule has 176 valence electrons. The van der Waals surface area contributed by atoms with Gasteiger partial charge in [-0.3, -0.25) is 14.6 Å². The molecule has 1 fully saturated rings. The number of amides is 3. The molecule has 1 saturated heterocycles. The molecule has 1 N–H and O–H groups in total. The lowest BCUT2D eigenvalue weighted by molar-refractivity contribution is -0.133. The molecule has 0 aromatic rings. The van der Waals surface area contributed by atoms with E-state index in [1.165, 1.54) is 100 Å². The summed E-state index contributed by atoms with van der Waals surface area (Å²) in [6.45, 7) is 7.67. The van der Waals surface area contributed by atoms with Crippen molar-refractivity contribution in [1.29, 1.82) is 0 Å². The van der Waals surface area contributed by atoms with E-state index in [-0.39, 0.29) is 11.9 Å². The van der Waals surface area contributed by atoms with Crippen molar-refractivity contribution in [3.8, 4) is 0 Å². The number of urea groups is 1. The molecule has 0 radical (unpaired) electrons. The minimum absolute atomic E-state index is 0.200. The Morgan fingerprint density at radius 1 is 0.733 bits per heavy atom. The Morgan fingerprint density at radius 3 is 1.43 bits per heavy atom. The Morgan fingerprint density at radius 2 is 1.10 bits per heavy atom. The van der Waals surface area contributed by atoms with E-state index in [0.29, 0.717) is 6.54 Å². The SMILES string of the molecule is CCCCCCCCCCCCCCCCCCN1C(=O)N(C(C)O)C(C)(C)C1=O. The summed E-state index contributed by atoms with van der Waals surface area (Å²) < 4.78 is 0. The number of nitrogens with zero attached hydrogens (tertiary/aromatic N) is 2. The number of hydrogen-bond acceptors (Lipinski definition) is 3. The number of hydrogen-bond donors (Lipinski definition) is 1. The third-order valence-corrected chi connectivity index (χ3v) is 6.42. The van der Waals surface area contributed by atoms with Gasteiger partial charge in [-0.05, 0) is 27.2 Å². The van der Waals surface area contributed by atoms with Crippen LogP contribution in [-0.2, 0) is 4.79 Å². The van der Waals surface area contributed by atoms with Crippen LogP contribution in [0.25, 0.3) is 0 Å². The molecular formula is C25H48N2O3. The summed E-state index contributed by atoms with van der Waals surface area (Å²) >= 11 is 0. The molecular weight excluding hydrogens is 376 g/mol. The minimum atomic E-state index is -0.958. The molecule has 1 heterocycles. The molecule has 5 nitrogen and oxygen atoms in total. The largest absolute Gasteiger partial charge is 0.374 e. The third kappa shape index (κ3) is 8.95. The number of rotatable bonds is 18. The van der Waals surface area contributed by atoms with E-state index in [9.17, 15) is 14.7 Å². The number of unbranched alkanes of at least 4 members (excludes halogenated alkanes) is 15. The molecule has 1 aliphatic heterocycles. The van der Waals surface area contributed by atoms with Crippen LogP contribution < -0.4 is 0 Å². The second-order valence-electron chi connectivity index (χ2n) is 9.60. The van der Waals surface area contributed by atoms with Gasteiger partial charge in [-0.25, -0.2) is 4.79 Å². The van der Waals surface area contributed by atoms with Gasteiger partial charge in [-0.15, -0.1) is 0 Å². The number of carbonyl (C=O) groups is 2. The zero-order valence-corrected chi connectivity index (χ0v) is 20.3. The quantitative estimate of drug-likeness (QED) is 0.198. The fourth-order valence-electron chi connectivity index (χ4n) is 4.53. The van der Waals surface area contributed by atoms with E-state index in [0.717, 1.165) is 19.3 Å². The van der Waals surface area contributed by atoms with Crippen LogP contribution >= 0.6 is 0 Å². The first-order valence-electron chi connectivity index (χ1n) is 12.7. The first-order chi connectivity index (χ1) is 14.3.